The van der Waals surface area contributed by atoms with Crippen molar-refractivity contribution in [2.45, 2.75) is 24.8 Å². The van der Waals surface area contributed by atoms with Gasteiger partial charge in [0.15, 0.2) is 21.3 Å². The van der Waals surface area contributed by atoms with Gasteiger partial charge in [0.1, 0.15) is 6.61 Å². The fraction of sp³-hybridized carbons (Fsp3) is 0.435. The minimum absolute atomic E-state index is 0.0710. The van der Waals surface area contributed by atoms with Crippen LogP contribution in [0.4, 0.5) is 0 Å². The van der Waals surface area contributed by atoms with E-state index in [-0.39, 0.29) is 18.3 Å². The molecule has 0 saturated carbocycles. The highest BCUT2D eigenvalue weighted by Gasteiger charge is 2.33. The summed E-state index contributed by atoms with van der Waals surface area (Å²) < 4.78 is 37.1. The molecule has 7 nitrogen and oxygen atoms in total. The van der Waals surface area contributed by atoms with Gasteiger partial charge in [0.05, 0.1) is 10.6 Å². The molecule has 31 heavy (non-hydrogen) atoms. The zero-order chi connectivity index (χ0) is 22.0. The maximum atomic E-state index is 12.8. The molecule has 0 aromatic heterocycles. The number of amides is 1. The lowest BCUT2D eigenvalue weighted by Crippen LogP contribution is -2.54. The van der Waals surface area contributed by atoms with Crippen LogP contribution in [0.2, 0.25) is 0 Å². The predicted octanol–water partition coefficient (Wildman–Crippen LogP) is 2.06. The van der Waals surface area contributed by atoms with Crippen molar-refractivity contribution < 1.29 is 22.7 Å². The Morgan fingerprint density at radius 1 is 1.03 bits per heavy atom. The number of nitrogens with zero attached hydrogens (tertiary/aromatic N) is 2. The standard InChI is InChI=1S/C23H28N2O5S/c1-17-7-8-18(2)22(15-17)31(27,28)14-13-24-9-11-25(12-10-24)23(26)21-16-29-19-5-3-4-6-20(19)30-21/h3-8,15,21H,9-14,16H2,1-2H3/t21-/m1/s1. The number of hydrogen-bond acceptors (Lipinski definition) is 6. The molecule has 2 heterocycles. The van der Waals surface area contributed by atoms with Crippen molar-refractivity contribution in [3.8, 4) is 11.5 Å². The molecule has 1 atom stereocenters. The van der Waals surface area contributed by atoms with Crippen LogP contribution in [-0.2, 0) is 14.6 Å². The number of carbonyl (C=O) groups excluding carboxylic acids is 1. The second kappa shape index (κ2) is 8.88. The molecule has 0 spiro atoms. The van der Waals surface area contributed by atoms with Crippen LogP contribution < -0.4 is 9.47 Å². The van der Waals surface area contributed by atoms with E-state index < -0.39 is 15.9 Å². The van der Waals surface area contributed by atoms with Crippen molar-refractivity contribution in [2.24, 2.45) is 0 Å². The predicted molar refractivity (Wildman–Crippen MR) is 117 cm³/mol. The Balaban J connectivity index is 1.29. The van der Waals surface area contributed by atoms with Crippen LogP contribution in [0, 0.1) is 13.8 Å². The van der Waals surface area contributed by atoms with Crippen LogP contribution in [0.1, 0.15) is 11.1 Å². The second-order valence-corrected chi connectivity index (χ2v) is 10.2. The van der Waals surface area contributed by atoms with E-state index in [9.17, 15) is 13.2 Å². The largest absolute Gasteiger partial charge is 0.485 e. The van der Waals surface area contributed by atoms with Crippen LogP contribution in [0.25, 0.3) is 0 Å². The number of para-hydroxylation sites is 2. The molecular weight excluding hydrogens is 416 g/mol. The number of carbonyl (C=O) groups is 1. The Bertz CT molecular complexity index is 1060. The fourth-order valence-electron chi connectivity index (χ4n) is 3.94. The molecule has 4 rings (SSSR count). The van der Waals surface area contributed by atoms with Crippen molar-refractivity contribution >= 4 is 15.7 Å². The average molecular weight is 445 g/mol. The molecule has 8 heteroatoms. The third-order valence-electron chi connectivity index (χ3n) is 5.82. The number of ether oxygens (including phenoxy) is 2. The number of benzene rings is 2. The summed E-state index contributed by atoms with van der Waals surface area (Å²) in [6.07, 6.45) is -0.647. The van der Waals surface area contributed by atoms with Crippen LogP contribution in [0.15, 0.2) is 47.4 Å². The Kier molecular flexibility index (Phi) is 6.20. The van der Waals surface area contributed by atoms with Crippen molar-refractivity contribution in [1.29, 1.82) is 0 Å². The van der Waals surface area contributed by atoms with Gasteiger partial charge in [0.25, 0.3) is 5.91 Å². The van der Waals surface area contributed by atoms with Crippen molar-refractivity contribution in [2.75, 3.05) is 45.1 Å². The van der Waals surface area contributed by atoms with E-state index in [1.807, 2.05) is 44.2 Å². The lowest BCUT2D eigenvalue weighted by Gasteiger charge is -2.37. The molecule has 0 unspecified atom stereocenters. The van der Waals surface area contributed by atoms with Gasteiger partial charge in [0, 0.05) is 32.7 Å². The summed E-state index contributed by atoms with van der Waals surface area (Å²) in [4.78, 5) is 17.1. The van der Waals surface area contributed by atoms with E-state index in [0.717, 1.165) is 11.1 Å². The summed E-state index contributed by atoms with van der Waals surface area (Å²) >= 11 is 0. The fourth-order valence-corrected chi connectivity index (χ4v) is 5.58. The zero-order valence-electron chi connectivity index (χ0n) is 17.9. The average Bonchev–Trinajstić information content (AvgIpc) is 2.79. The first-order valence-corrected chi connectivity index (χ1v) is 12.2. The van der Waals surface area contributed by atoms with Crippen LogP contribution in [0.5, 0.6) is 11.5 Å². The van der Waals surface area contributed by atoms with Crippen molar-refractivity contribution in [3.63, 3.8) is 0 Å². The topological polar surface area (TPSA) is 76.2 Å². The van der Waals surface area contributed by atoms with E-state index in [1.54, 1.807) is 17.0 Å². The summed E-state index contributed by atoms with van der Waals surface area (Å²) in [6, 6.07) is 12.8. The highest BCUT2D eigenvalue weighted by Crippen LogP contribution is 2.31. The SMILES string of the molecule is Cc1ccc(C)c(S(=O)(=O)CCN2CCN(C(=O)[C@H]3COc4ccccc4O3)CC2)c1. The number of aryl methyl sites for hydroxylation is 2. The molecule has 2 aromatic carbocycles. The smallest absolute Gasteiger partial charge is 0.267 e. The van der Waals surface area contributed by atoms with E-state index >= 15 is 0 Å². The van der Waals surface area contributed by atoms with Crippen molar-refractivity contribution in [3.05, 3.63) is 53.6 Å². The van der Waals surface area contributed by atoms with Gasteiger partial charge < -0.3 is 14.4 Å². The summed E-state index contributed by atoms with van der Waals surface area (Å²) in [5.74, 6) is 1.22. The molecule has 0 radical (unpaired) electrons. The van der Waals surface area contributed by atoms with Gasteiger partial charge in [-0.2, -0.15) is 0 Å². The zero-order valence-corrected chi connectivity index (χ0v) is 18.7. The number of hydrogen-bond donors (Lipinski definition) is 0. The summed E-state index contributed by atoms with van der Waals surface area (Å²) in [5.41, 5.74) is 1.71. The normalized spacial score (nSPS) is 19.3. The first-order chi connectivity index (χ1) is 14.8. The molecule has 0 bridgehead atoms. The lowest BCUT2D eigenvalue weighted by molar-refractivity contribution is -0.142. The summed E-state index contributed by atoms with van der Waals surface area (Å²) in [5, 5.41) is 0. The summed E-state index contributed by atoms with van der Waals surface area (Å²) in [7, 11) is -3.35. The van der Waals surface area contributed by atoms with Gasteiger partial charge in [0.2, 0.25) is 6.10 Å². The third-order valence-corrected chi connectivity index (χ3v) is 7.65. The number of sulfone groups is 1. The Morgan fingerprint density at radius 2 is 1.74 bits per heavy atom. The first-order valence-electron chi connectivity index (χ1n) is 10.5. The highest BCUT2D eigenvalue weighted by atomic mass is 32.2. The molecule has 2 aliphatic heterocycles. The minimum atomic E-state index is -3.35. The van der Waals surface area contributed by atoms with Gasteiger partial charge in [-0.05, 0) is 43.2 Å². The lowest BCUT2D eigenvalue weighted by atomic mass is 10.2. The van der Waals surface area contributed by atoms with E-state index in [2.05, 4.69) is 4.90 Å². The van der Waals surface area contributed by atoms with Gasteiger partial charge in [-0.15, -0.1) is 0 Å². The van der Waals surface area contributed by atoms with E-state index in [0.29, 0.717) is 49.1 Å². The van der Waals surface area contributed by atoms with Crippen LogP contribution >= 0.6 is 0 Å². The minimum Gasteiger partial charge on any atom is -0.485 e. The number of fused-ring (bicyclic) bond motifs is 1. The highest BCUT2D eigenvalue weighted by molar-refractivity contribution is 7.91. The van der Waals surface area contributed by atoms with E-state index in [4.69, 9.17) is 9.47 Å². The van der Waals surface area contributed by atoms with Crippen LogP contribution in [0.3, 0.4) is 0 Å². The number of piperazine rings is 1. The Hall–Kier alpha value is -2.58. The first kappa shape index (κ1) is 21.6. The van der Waals surface area contributed by atoms with Gasteiger partial charge in [-0.1, -0.05) is 24.3 Å². The van der Waals surface area contributed by atoms with Gasteiger partial charge in [-0.25, -0.2) is 8.42 Å². The summed E-state index contributed by atoms with van der Waals surface area (Å²) in [6.45, 7) is 6.74. The Morgan fingerprint density at radius 3 is 2.48 bits per heavy atom. The molecule has 1 amide bonds. The monoisotopic (exact) mass is 444 g/mol. The van der Waals surface area contributed by atoms with Crippen molar-refractivity contribution in [1.82, 2.24) is 9.80 Å². The number of rotatable bonds is 5. The molecule has 0 aliphatic carbocycles. The molecule has 2 aliphatic rings. The molecule has 1 saturated heterocycles. The molecule has 2 aromatic rings. The molecule has 0 N–H and O–H groups in total. The maximum absolute atomic E-state index is 12.8. The second-order valence-electron chi connectivity index (χ2n) is 8.12. The van der Waals surface area contributed by atoms with Gasteiger partial charge in [-0.3, -0.25) is 9.69 Å². The molecular formula is C23H28N2O5S. The Labute approximate surface area is 183 Å². The molecule has 166 valence electrons. The van der Waals surface area contributed by atoms with Gasteiger partial charge >= 0.3 is 0 Å². The molecule has 1 fully saturated rings. The van der Waals surface area contributed by atoms with E-state index in [1.165, 1.54) is 0 Å². The maximum Gasteiger partial charge on any atom is 0.267 e. The van der Waals surface area contributed by atoms with Crippen LogP contribution in [-0.4, -0.2) is 75.3 Å². The quantitative estimate of drug-likeness (QED) is 0.703. The third kappa shape index (κ3) is 4.85.